The summed E-state index contributed by atoms with van der Waals surface area (Å²) in [5.41, 5.74) is 0.321. The highest BCUT2D eigenvalue weighted by Gasteiger charge is 2.62. The van der Waals surface area contributed by atoms with Crippen molar-refractivity contribution < 1.29 is 23.9 Å². The molecule has 0 heterocycles. The van der Waals surface area contributed by atoms with E-state index >= 15 is 0 Å². The standard InChI is InChI=1S/C27H42O5/c1-16(6-9-25(30)31-5)20-7-8-21-19-15-24(29)23-14-18(32-17(2)28)10-12-27(23,4)22(19)11-13-26(20,21)3/h16,18-23H,6-15H2,1-5H3/t16-,18-,19+,20-,21+,22+,23-,26-,27-/m1/s1. The van der Waals surface area contributed by atoms with Crippen molar-refractivity contribution >= 4 is 17.7 Å². The largest absolute Gasteiger partial charge is 0.469 e. The molecular formula is C27H42O5. The summed E-state index contributed by atoms with van der Waals surface area (Å²) in [5.74, 6) is 2.95. The first kappa shape index (κ1) is 23.8. The molecule has 4 fully saturated rings. The number of carbonyl (C=O) groups is 3. The summed E-state index contributed by atoms with van der Waals surface area (Å²) in [7, 11) is 1.47. The molecule has 0 amide bonds. The van der Waals surface area contributed by atoms with Crippen LogP contribution in [-0.4, -0.2) is 30.9 Å². The lowest BCUT2D eigenvalue weighted by molar-refractivity contribution is -0.169. The molecule has 180 valence electrons. The maximum absolute atomic E-state index is 13.4. The van der Waals surface area contributed by atoms with Gasteiger partial charge in [0.25, 0.3) is 0 Å². The van der Waals surface area contributed by atoms with E-state index in [1.54, 1.807) is 0 Å². The molecule has 9 atom stereocenters. The van der Waals surface area contributed by atoms with Gasteiger partial charge in [-0.1, -0.05) is 20.8 Å². The Morgan fingerprint density at radius 2 is 1.75 bits per heavy atom. The van der Waals surface area contributed by atoms with E-state index in [2.05, 4.69) is 20.8 Å². The number of methoxy groups -OCH3 is 1. The molecule has 0 aliphatic heterocycles. The van der Waals surface area contributed by atoms with Gasteiger partial charge in [0.15, 0.2) is 0 Å². The highest BCUT2D eigenvalue weighted by atomic mass is 16.5. The Balaban J connectivity index is 1.50. The topological polar surface area (TPSA) is 69.7 Å². The van der Waals surface area contributed by atoms with Crippen LogP contribution in [0.15, 0.2) is 0 Å². The monoisotopic (exact) mass is 446 g/mol. The van der Waals surface area contributed by atoms with Crippen molar-refractivity contribution in [2.24, 2.45) is 46.3 Å². The molecule has 5 heteroatoms. The Labute approximate surface area is 193 Å². The van der Waals surface area contributed by atoms with Gasteiger partial charge in [0.1, 0.15) is 11.9 Å². The van der Waals surface area contributed by atoms with E-state index in [4.69, 9.17) is 9.47 Å². The minimum absolute atomic E-state index is 0.0439. The van der Waals surface area contributed by atoms with Crippen LogP contribution in [0, 0.1) is 46.3 Å². The zero-order chi connectivity index (χ0) is 23.3. The second kappa shape index (κ2) is 8.76. The van der Waals surface area contributed by atoms with Gasteiger partial charge >= 0.3 is 11.9 Å². The molecule has 0 aromatic rings. The number of Topliss-reactive ketones (excluding diaryl/α,β-unsaturated/α-hetero) is 1. The summed E-state index contributed by atoms with van der Waals surface area (Å²) in [5, 5.41) is 0. The summed E-state index contributed by atoms with van der Waals surface area (Å²) in [4.78, 5) is 36.6. The van der Waals surface area contributed by atoms with Crippen molar-refractivity contribution in [3.63, 3.8) is 0 Å². The predicted octanol–water partition coefficient (Wildman–Crippen LogP) is 5.35. The van der Waals surface area contributed by atoms with Gasteiger partial charge in [-0.3, -0.25) is 14.4 Å². The van der Waals surface area contributed by atoms with Gasteiger partial charge in [0.2, 0.25) is 0 Å². The molecule has 4 rings (SSSR count). The molecule has 4 saturated carbocycles. The summed E-state index contributed by atoms with van der Waals surface area (Å²) >= 11 is 0. The van der Waals surface area contributed by atoms with Gasteiger partial charge in [0.05, 0.1) is 7.11 Å². The van der Waals surface area contributed by atoms with Crippen molar-refractivity contribution in [1.29, 1.82) is 0 Å². The van der Waals surface area contributed by atoms with E-state index in [1.165, 1.54) is 39.7 Å². The zero-order valence-electron chi connectivity index (χ0n) is 20.7. The van der Waals surface area contributed by atoms with Crippen LogP contribution in [0.25, 0.3) is 0 Å². The Kier molecular flexibility index (Phi) is 6.50. The lowest BCUT2D eigenvalue weighted by Gasteiger charge is -2.60. The van der Waals surface area contributed by atoms with Gasteiger partial charge in [0, 0.05) is 25.7 Å². The second-order valence-electron chi connectivity index (χ2n) is 11.9. The van der Waals surface area contributed by atoms with Gasteiger partial charge in [-0.25, -0.2) is 0 Å². The molecule has 0 aromatic carbocycles. The third kappa shape index (κ3) is 3.92. The number of hydrogen-bond acceptors (Lipinski definition) is 5. The first-order chi connectivity index (χ1) is 15.1. The maximum Gasteiger partial charge on any atom is 0.305 e. The van der Waals surface area contributed by atoms with Gasteiger partial charge in [-0.05, 0) is 91.8 Å². The summed E-state index contributed by atoms with van der Waals surface area (Å²) in [6, 6.07) is 0. The first-order valence-electron chi connectivity index (χ1n) is 12.9. The van der Waals surface area contributed by atoms with Gasteiger partial charge < -0.3 is 9.47 Å². The lowest BCUT2D eigenvalue weighted by atomic mass is 9.44. The highest BCUT2D eigenvalue weighted by Crippen LogP contribution is 2.67. The van der Waals surface area contributed by atoms with Crippen LogP contribution in [0.5, 0.6) is 0 Å². The molecule has 0 unspecified atom stereocenters. The van der Waals surface area contributed by atoms with E-state index in [0.717, 1.165) is 19.3 Å². The fourth-order valence-electron chi connectivity index (χ4n) is 8.97. The second-order valence-corrected chi connectivity index (χ2v) is 11.9. The SMILES string of the molecule is COC(=O)CC[C@@H](C)[C@H]1CC[C@H]2[C@@H]3CC(=O)[C@H]4C[C@H](OC(C)=O)CC[C@]4(C)[C@H]3CC[C@]12C. The Bertz CT molecular complexity index is 761. The molecule has 0 aromatic heterocycles. The Morgan fingerprint density at radius 3 is 2.44 bits per heavy atom. The van der Waals surface area contributed by atoms with Crippen LogP contribution in [0.4, 0.5) is 0 Å². The van der Waals surface area contributed by atoms with Crippen LogP contribution >= 0.6 is 0 Å². The van der Waals surface area contributed by atoms with Crippen LogP contribution in [0.3, 0.4) is 0 Å². The smallest absolute Gasteiger partial charge is 0.305 e. The quantitative estimate of drug-likeness (QED) is 0.533. The zero-order valence-corrected chi connectivity index (χ0v) is 20.7. The van der Waals surface area contributed by atoms with Crippen molar-refractivity contribution in [2.75, 3.05) is 7.11 Å². The molecular weight excluding hydrogens is 404 g/mol. The summed E-state index contributed by atoms with van der Waals surface area (Å²) in [6.07, 6.45) is 9.48. The number of carbonyl (C=O) groups excluding carboxylic acids is 3. The third-order valence-electron chi connectivity index (χ3n) is 10.5. The first-order valence-corrected chi connectivity index (χ1v) is 12.9. The van der Waals surface area contributed by atoms with Crippen LogP contribution in [0.1, 0.15) is 91.9 Å². The fraction of sp³-hybridized carbons (Fsp3) is 0.889. The molecule has 32 heavy (non-hydrogen) atoms. The Morgan fingerprint density at radius 1 is 1.06 bits per heavy atom. The van der Waals surface area contributed by atoms with E-state index in [-0.39, 0.29) is 34.8 Å². The molecule has 0 bridgehead atoms. The lowest BCUT2D eigenvalue weighted by Crippen LogP contribution is -2.57. The van der Waals surface area contributed by atoms with Crippen molar-refractivity contribution in [2.45, 2.75) is 98.0 Å². The molecule has 0 radical (unpaired) electrons. The summed E-state index contributed by atoms with van der Waals surface area (Å²) < 4.78 is 10.4. The number of hydrogen-bond donors (Lipinski definition) is 0. The fourth-order valence-corrected chi connectivity index (χ4v) is 8.97. The summed E-state index contributed by atoms with van der Waals surface area (Å²) in [6.45, 7) is 8.63. The van der Waals surface area contributed by atoms with E-state index in [1.807, 2.05) is 0 Å². The molecule has 0 saturated heterocycles. The number of ketones is 1. The molecule has 0 spiro atoms. The number of fused-ring (bicyclic) bond motifs is 5. The average Bonchev–Trinajstić information content (AvgIpc) is 3.10. The number of rotatable bonds is 5. The third-order valence-corrected chi connectivity index (χ3v) is 10.5. The van der Waals surface area contributed by atoms with Crippen LogP contribution < -0.4 is 0 Å². The van der Waals surface area contributed by atoms with Crippen molar-refractivity contribution in [3.8, 4) is 0 Å². The molecule has 4 aliphatic carbocycles. The van der Waals surface area contributed by atoms with E-state index in [9.17, 15) is 14.4 Å². The average molecular weight is 447 g/mol. The molecule has 4 aliphatic rings. The Hall–Kier alpha value is -1.39. The van der Waals surface area contributed by atoms with Crippen molar-refractivity contribution in [3.05, 3.63) is 0 Å². The van der Waals surface area contributed by atoms with Gasteiger partial charge in [-0.2, -0.15) is 0 Å². The highest BCUT2D eigenvalue weighted by molar-refractivity contribution is 5.83. The molecule has 0 N–H and O–H groups in total. The number of ether oxygens (including phenoxy) is 2. The maximum atomic E-state index is 13.4. The normalized spacial score (nSPS) is 44.1. The molecule has 5 nitrogen and oxygen atoms in total. The van der Waals surface area contributed by atoms with Crippen LogP contribution in [-0.2, 0) is 23.9 Å². The number of esters is 2. The van der Waals surface area contributed by atoms with E-state index in [0.29, 0.717) is 54.6 Å². The minimum Gasteiger partial charge on any atom is -0.469 e. The minimum atomic E-state index is -0.230. The predicted molar refractivity (Wildman–Crippen MR) is 122 cm³/mol. The van der Waals surface area contributed by atoms with Crippen LogP contribution in [0.2, 0.25) is 0 Å². The van der Waals surface area contributed by atoms with E-state index < -0.39 is 0 Å². The van der Waals surface area contributed by atoms with Crippen molar-refractivity contribution in [1.82, 2.24) is 0 Å². The van der Waals surface area contributed by atoms with Gasteiger partial charge in [-0.15, -0.1) is 0 Å².